The van der Waals surface area contributed by atoms with Gasteiger partial charge >= 0.3 is 6.18 Å². The number of carbonyl (C=O) groups excluding carboxylic acids is 3. The van der Waals surface area contributed by atoms with Crippen molar-refractivity contribution in [1.82, 2.24) is 9.88 Å². The second-order valence-corrected chi connectivity index (χ2v) is 7.49. The number of hydrogen-bond donors (Lipinski definition) is 2. The van der Waals surface area contributed by atoms with Crippen LogP contribution in [0.3, 0.4) is 0 Å². The van der Waals surface area contributed by atoms with Gasteiger partial charge in [0.2, 0.25) is 0 Å². The minimum absolute atomic E-state index is 0.0187. The average molecular weight is 450 g/mol. The highest BCUT2D eigenvalue weighted by Gasteiger charge is 2.40. The fourth-order valence-electron chi connectivity index (χ4n) is 3.22. The van der Waals surface area contributed by atoms with Crippen molar-refractivity contribution in [2.24, 2.45) is 7.05 Å². The summed E-state index contributed by atoms with van der Waals surface area (Å²) in [6.07, 6.45) is -3.32. The summed E-state index contributed by atoms with van der Waals surface area (Å²) in [5.74, 6) is -4.16. The summed E-state index contributed by atoms with van der Waals surface area (Å²) in [6.45, 7) is 0.717. The Labute approximate surface area is 180 Å². The number of rotatable bonds is 6. The van der Waals surface area contributed by atoms with Gasteiger partial charge in [-0.25, -0.2) is 4.39 Å². The number of amides is 2. The predicted octanol–water partition coefficient (Wildman–Crippen LogP) is 3.42. The number of aromatic nitrogens is 1. The van der Waals surface area contributed by atoms with Crippen LogP contribution in [0.15, 0.2) is 24.3 Å². The van der Waals surface area contributed by atoms with Gasteiger partial charge in [-0.2, -0.15) is 18.4 Å². The second kappa shape index (κ2) is 8.45. The molecule has 2 aromatic rings. The number of halogens is 4. The van der Waals surface area contributed by atoms with Crippen LogP contribution in [0.1, 0.15) is 57.8 Å². The van der Waals surface area contributed by atoms with Gasteiger partial charge in [0.1, 0.15) is 23.6 Å². The van der Waals surface area contributed by atoms with Gasteiger partial charge < -0.3 is 15.2 Å². The first kappa shape index (κ1) is 23.0. The maximum absolute atomic E-state index is 13.5. The molecule has 11 heteroatoms. The lowest BCUT2D eigenvalue weighted by Crippen LogP contribution is -2.45. The van der Waals surface area contributed by atoms with Crippen molar-refractivity contribution < 1.29 is 31.9 Å². The molecule has 0 radical (unpaired) electrons. The summed E-state index contributed by atoms with van der Waals surface area (Å²) >= 11 is 0. The van der Waals surface area contributed by atoms with E-state index in [0.29, 0.717) is 18.5 Å². The number of anilines is 1. The lowest BCUT2D eigenvalue weighted by molar-refractivity contribution is -0.156. The van der Waals surface area contributed by atoms with Gasteiger partial charge in [-0.1, -0.05) is 0 Å². The molecule has 1 atom stereocenters. The van der Waals surface area contributed by atoms with E-state index in [1.165, 1.54) is 17.7 Å². The first-order valence-electron chi connectivity index (χ1n) is 9.56. The third kappa shape index (κ3) is 4.64. The fourth-order valence-corrected chi connectivity index (χ4v) is 3.22. The Balaban J connectivity index is 1.89. The molecule has 1 aromatic heterocycles. The molecule has 2 amide bonds. The van der Waals surface area contributed by atoms with E-state index in [1.807, 2.05) is 0 Å². The molecular weight excluding hydrogens is 432 g/mol. The molecule has 32 heavy (non-hydrogen) atoms. The zero-order chi connectivity index (χ0) is 23.8. The molecule has 1 aromatic carbocycles. The van der Waals surface area contributed by atoms with Crippen molar-refractivity contribution in [2.75, 3.05) is 5.32 Å². The maximum atomic E-state index is 13.5. The molecule has 1 aliphatic rings. The number of Topliss-reactive ketones (excluding diaryl/α,β-unsaturated/α-hetero) is 1. The van der Waals surface area contributed by atoms with Crippen LogP contribution in [0.2, 0.25) is 0 Å². The molecule has 2 N–H and O–H groups in total. The summed E-state index contributed by atoms with van der Waals surface area (Å²) in [5.41, 5.74) is 0.0665. The zero-order valence-corrected chi connectivity index (χ0v) is 17.0. The van der Waals surface area contributed by atoms with E-state index in [1.54, 1.807) is 11.4 Å². The molecule has 0 unspecified atom stereocenters. The van der Waals surface area contributed by atoms with Gasteiger partial charge in [-0.3, -0.25) is 14.4 Å². The van der Waals surface area contributed by atoms with Crippen LogP contribution in [0.25, 0.3) is 0 Å². The van der Waals surface area contributed by atoms with Crippen molar-refractivity contribution in [3.8, 4) is 6.07 Å². The standard InChI is InChI=1S/C21H18F4N4O3/c1-10(21(23,24)25)27-20(32)18(30)14-8-16(29(2)17(14)11-3-4-11)19(31)28-13-5-6-15(22)12(7-13)9-26/h5-8,10-11H,3-4H2,1-2H3,(H,27,32)(H,28,31)/t10-/m1/s1. The average Bonchev–Trinajstić information content (AvgIpc) is 3.50. The third-order valence-electron chi connectivity index (χ3n) is 5.11. The van der Waals surface area contributed by atoms with Crippen LogP contribution < -0.4 is 10.6 Å². The summed E-state index contributed by atoms with van der Waals surface area (Å²) in [5, 5.41) is 13.0. The van der Waals surface area contributed by atoms with Gasteiger partial charge in [-0.05, 0) is 49.9 Å². The SMILES string of the molecule is C[C@@H](NC(=O)C(=O)c1cc(C(=O)Nc2ccc(F)c(C#N)c2)n(C)c1C1CC1)C(F)(F)F. The Kier molecular flexibility index (Phi) is 6.07. The number of benzene rings is 1. The van der Waals surface area contributed by atoms with Crippen LogP contribution in [-0.4, -0.2) is 34.4 Å². The van der Waals surface area contributed by atoms with E-state index in [9.17, 15) is 31.9 Å². The Morgan fingerprint density at radius 1 is 1.22 bits per heavy atom. The maximum Gasteiger partial charge on any atom is 0.408 e. The van der Waals surface area contributed by atoms with Gasteiger partial charge in [0.15, 0.2) is 0 Å². The van der Waals surface area contributed by atoms with E-state index < -0.39 is 35.6 Å². The van der Waals surface area contributed by atoms with Crippen LogP contribution >= 0.6 is 0 Å². The van der Waals surface area contributed by atoms with Crippen LogP contribution in [0.4, 0.5) is 23.2 Å². The normalized spacial score (nSPS) is 14.4. The molecule has 1 heterocycles. The summed E-state index contributed by atoms with van der Waals surface area (Å²) in [7, 11) is 1.50. The highest BCUT2D eigenvalue weighted by molar-refractivity contribution is 6.43. The van der Waals surface area contributed by atoms with Crippen molar-refractivity contribution in [1.29, 1.82) is 5.26 Å². The molecule has 0 saturated heterocycles. The number of nitrogens with zero attached hydrogens (tertiary/aromatic N) is 2. The lowest BCUT2D eigenvalue weighted by atomic mass is 10.1. The minimum Gasteiger partial charge on any atom is -0.343 e. The minimum atomic E-state index is -4.71. The topological polar surface area (TPSA) is 104 Å². The Morgan fingerprint density at radius 3 is 2.44 bits per heavy atom. The molecule has 0 spiro atoms. The number of alkyl halides is 3. The molecular formula is C21H18F4N4O3. The second-order valence-electron chi connectivity index (χ2n) is 7.49. The third-order valence-corrected chi connectivity index (χ3v) is 5.11. The van der Waals surface area contributed by atoms with E-state index in [-0.39, 0.29) is 28.4 Å². The van der Waals surface area contributed by atoms with E-state index in [4.69, 9.17) is 5.26 Å². The highest BCUT2D eigenvalue weighted by Crippen LogP contribution is 2.42. The lowest BCUT2D eigenvalue weighted by Gasteiger charge is -2.16. The van der Waals surface area contributed by atoms with Crippen molar-refractivity contribution >= 4 is 23.3 Å². The number of ketones is 1. The molecule has 3 rings (SSSR count). The van der Waals surface area contributed by atoms with Crippen molar-refractivity contribution in [3.63, 3.8) is 0 Å². The molecule has 168 valence electrons. The number of nitrogens with one attached hydrogen (secondary N) is 2. The van der Waals surface area contributed by atoms with Crippen LogP contribution in [0.5, 0.6) is 0 Å². The highest BCUT2D eigenvalue weighted by atomic mass is 19.4. The van der Waals surface area contributed by atoms with Gasteiger partial charge in [0, 0.05) is 24.0 Å². The van der Waals surface area contributed by atoms with Gasteiger partial charge in [0.25, 0.3) is 17.6 Å². The summed E-state index contributed by atoms with van der Waals surface area (Å²) in [4.78, 5) is 37.5. The molecule has 0 bridgehead atoms. The summed E-state index contributed by atoms with van der Waals surface area (Å²) < 4.78 is 53.1. The van der Waals surface area contributed by atoms with E-state index in [2.05, 4.69) is 5.32 Å². The number of nitriles is 1. The molecule has 1 aliphatic carbocycles. The Morgan fingerprint density at radius 2 is 1.88 bits per heavy atom. The molecule has 0 aliphatic heterocycles. The van der Waals surface area contributed by atoms with Gasteiger partial charge in [0.05, 0.1) is 5.56 Å². The number of carbonyl (C=O) groups is 3. The molecule has 1 saturated carbocycles. The van der Waals surface area contributed by atoms with E-state index in [0.717, 1.165) is 25.1 Å². The van der Waals surface area contributed by atoms with Crippen LogP contribution in [0, 0.1) is 17.1 Å². The van der Waals surface area contributed by atoms with Crippen LogP contribution in [-0.2, 0) is 11.8 Å². The summed E-state index contributed by atoms with van der Waals surface area (Å²) in [6, 6.07) is 3.97. The molecule has 7 nitrogen and oxygen atoms in total. The molecule has 1 fully saturated rings. The zero-order valence-electron chi connectivity index (χ0n) is 17.0. The predicted molar refractivity (Wildman–Crippen MR) is 104 cm³/mol. The first-order valence-corrected chi connectivity index (χ1v) is 9.56. The monoisotopic (exact) mass is 450 g/mol. The Hall–Kier alpha value is -3.68. The van der Waals surface area contributed by atoms with E-state index >= 15 is 0 Å². The van der Waals surface area contributed by atoms with Gasteiger partial charge in [-0.15, -0.1) is 0 Å². The first-order chi connectivity index (χ1) is 14.9. The quantitative estimate of drug-likeness (QED) is 0.400. The Bertz CT molecular complexity index is 1140. The smallest absolute Gasteiger partial charge is 0.343 e. The largest absolute Gasteiger partial charge is 0.408 e. The fraction of sp³-hybridized carbons (Fsp3) is 0.333. The van der Waals surface area contributed by atoms with Crippen molar-refractivity contribution in [2.45, 2.75) is 37.9 Å². The van der Waals surface area contributed by atoms with Crippen molar-refractivity contribution in [3.05, 3.63) is 52.6 Å². The number of hydrogen-bond acceptors (Lipinski definition) is 4.